The Morgan fingerprint density at radius 3 is 2.07 bits per heavy atom. The fourth-order valence-corrected chi connectivity index (χ4v) is 4.65. The average molecular weight is 423 g/mol. The van der Waals surface area contributed by atoms with Crippen LogP contribution >= 0.6 is 0 Å². The van der Waals surface area contributed by atoms with Crippen molar-refractivity contribution in [1.82, 2.24) is 10.2 Å². The predicted molar refractivity (Wildman–Crippen MR) is 120 cm³/mol. The summed E-state index contributed by atoms with van der Waals surface area (Å²) in [5, 5.41) is 8.80. The topological polar surface area (TPSA) is 75.2 Å². The second-order valence-electron chi connectivity index (χ2n) is 7.67. The largest absolute Gasteiger partial charge is 0.355 e. The van der Waals surface area contributed by atoms with Crippen LogP contribution in [0.2, 0.25) is 0 Å². The summed E-state index contributed by atoms with van der Waals surface area (Å²) in [6, 6.07) is 17.9. The SMILES string of the molecule is Cc1ccc(S(=O)(=O)Nc2ccc(-c3ccc(N4CCCCCC4)nn3)cc2)cc1. The molecule has 1 aromatic heterocycles. The normalized spacial score (nSPS) is 14.9. The number of benzene rings is 2. The van der Waals surface area contributed by atoms with Crippen LogP contribution in [0, 0.1) is 6.92 Å². The van der Waals surface area contributed by atoms with Crippen LogP contribution in [0.1, 0.15) is 31.2 Å². The Morgan fingerprint density at radius 2 is 1.47 bits per heavy atom. The lowest BCUT2D eigenvalue weighted by molar-refractivity contribution is 0.601. The molecular formula is C23H26N4O2S. The molecule has 0 amide bonds. The van der Waals surface area contributed by atoms with Gasteiger partial charge in [-0.1, -0.05) is 42.7 Å². The minimum atomic E-state index is -3.61. The van der Waals surface area contributed by atoms with Gasteiger partial charge < -0.3 is 4.90 Å². The van der Waals surface area contributed by atoms with Crippen LogP contribution < -0.4 is 9.62 Å². The van der Waals surface area contributed by atoms with Gasteiger partial charge in [0.2, 0.25) is 0 Å². The molecule has 30 heavy (non-hydrogen) atoms. The van der Waals surface area contributed by atoms with E-state index < -0.39 is 10.0 Å². The maximum absolute atomic E-state index is 12.5. The van der Waals surface area contributed by atoms with E-state index >= 15 is 0 Å². The van der Waals surface area contributed by atoms with E-state index in [9.17, 15) is 8.42 Å². The maximum atomic E-state index is 12.5. The van der Waals surface area contributed by atoms with Crippen LogP contribution in [0.5, 0.6) is 0 Å². The summed E-state index contributed by atoms with van der Waals surface area (Å²) in [5.41, 5.74) is 3.18. The Labute approximate surface area is 178 Å². The molecule has 2 heterocycles. The van der Waals surface area contributed by atoms with E-state index in [0.717, 1.165) is 35.7 Å². The molecule has 0 bridgehead atoms. The number of hydrogen-bond donors (Lipinski definition) is 1. The summed E-state index contributed by atoms with van der Waals surface area (Å²) in [6.45, 7) is 3.99. The Kier molecular flexibility index (Phi) is 5.99. The fraction of sp³-hybridized carbons (Fsp3) is 0.304. The van der Waals surface area contributed by atoms with Crippen molar-refractivity contribution in [3.05, 3.63) is 66.2 Å². The Morgan fingerprint density at radius 1 is 0.800 bits per heavy atom. The lowest BCUT2D eigenvalue weighted by Gasteiger charge is -2.20. The highest BCUT2D eigenvalue weighted by Crippen LogP contribution is 2.23. The number of hydrogen-bond acceptors (Lipinski definition) is 5. The highest BCUT2D eigenvalue weighted by molar-refractivity contribution is 7.92. The van der Waals surface area contributed by atoms with E-state index in [2.05, 4.69) is 19.8 Å². The van der Waals surface area contributed by atoms with Crippen molar-refractivity contribution in [2.24, 2.45) is 0 Å². The number of nitrogens with zero attached hydrogens (tertiary/aromatic N) is 3. The standard InChI is InChI=1S/C23H26N4O2S/c1-18-6-12-21(13-7-18)30(28,29)26-20-10-8-19(9-11-20)22-14-15-23(25-24-22)27-16-4-2-3-5-17-27/h6-15,26H,2-5,16-17H2,1H3. The first-order valence-electron chi connectivity index (χ1n) is 10.3. The van der Waals surface area contributed by atoms with E-state index in [-0.39, 0.29) is 4.90 Å². The average Bonchev–Trinajstić information content (AvgIpc) is 3.04. The van der Waals surface area contributed by atoms with Gasteiger partial charge in [-0.05, 0) is 56.2 Å². The molecular weight excluding hydrogens is 396 g/mol. The van der Waals surface area contributed by atoms with Crippen LogP contribution in [-0.4, -0.2) is 31.7 Å². The van der Waals surface area contributed by atoms with E-state index in [1.165, 1.54) is 25.7 Å². The third-order valence-corrected chi connectivity index (χ3v) is 6.74. The fourth-order valence-electron chi connectivity index (χ4n) is 3.59. The third kappa shape index (κ3) is 4.79. The Bertz CT molecular complexity index is 1070. The minimum absolute atomic E-state index is 0.243. The Hall–Kier alpha value is -2.93. The number of sulfonamides is 1. The molecule has 0 unspecified atom stereocenters. The second-order valence-corrected chi connectivity index (χ2v) is 9.36. The molecule has 0 atom stereocenters. The molecule has 0 aliphatic carbocycles. The van der Waals surface area contributed by atoms with Gasteiger partial charge in [0.25, 0.3) is 10.0 Å². The number of anilines is 2. The van der Waals surface area contributed by atoms with Crippen molar-refractivity contribution < 1.29 is 8.42 Å². The molecule has 0 radical (unpaired) electrons. The number of rotatable bonds is 5. The van der Waals surface area contributed by atoms with E-state index in [4.69, 9.17) is 0 Å². The monoisotopic (exact) mass is 422 g/mol. The van der Waals surface area contributed by atoms with Gasteiger partial charge in [0.1, 0.15) is 0 Å². The lowest BCUT2D eigenvalue weighted by Crippen LogP contribution is -2.25. The smallest absolute Gasteiger partial charge is 0.261 e. The summed E-state index contributed by atoms with van der Waals surface area (Å²) < 4.78 is 27.7. The van der Waals surface area contributed by atoms with Gasteiger partial charge >= 0.3 is 0 Å². The van der Waals surface area contributed by atoms with Gasteiger partial charge in [0.05, 0.1) is 10.6 Å². The molecule has 1 aliphatic rings. The van der Waals surface area contributed by atoms with Crippen molar-refractivity contribution in [3.63, 3.8) is 0 Å². The maximum Gasteiger partial charge on any atom is 0.261 e. The quantitative estimate of drug-likeness (QED) is 0.649. The molecule has 1 N–H and O–H groups in total. The van der Waals surface area contributed by atoms with Crippen molar-refractivity contribution in [2.75, 3.05) is 22.7 Å². The van der Waals surface area contributed by atoms with Crippen LogP contribution in [0.4, 0.5) is 11.5 Å². The molecule has 1 fully saturated rings. The van der Waals surface area contributed by atoms with Gasteiger partial charge in [-0.15, -0.1) is 10.2 Å². The summed E-state index contributed by atoms with van der Waals surface area (Å²) in [5.74, 6) is 0.920. The van der Waals surface area contributed by atoms with E-state index in [1.54, 1.807) is 36.4 Å². The van der Waals surface area contributed by atoms with Crippen LogP contribution in [0.3, 0.4) is 0 Å². The first kappa shape index (κ1) is 20.3. The van der Waals surface area contributed by atoms with Gasteiger partial charge in [0.15, 0.2) is 5.82 Å². The van der Waals surface area contributed by atoms with E-state index in [1.807, 2.05) is 31.2 Å². The second kappa shape index (κ2) is 8.83. The van der Waals surface area contributed by atoms with Crippen molar-refractivity contribution in [1.29, 1.82) is 0 Å². The molecule has 7 heteroatoms. The van der Waals surface area contributed by atoms with Gasteiger partial charge in [-0.25, -0.2) is 8.42 Å². The zero-order valence-electron chi connectivity index (χ0n) is 17.1. The van der Waals surface area contributed by atoms with Crippen molar-refractivity contribution in [3.8, 4) is 11.3 Å². The molecule has 2 aromatic carbocycles. The van der Waals surface area contributed by atoms with Crippen LogP contribution in [0.15, 0.2) is 65.6 Å². The summed E-state index contributed by atoms with van der Waals surface area (Å²) >= 11 is 0. The summed E-state index contributed by atoms with van der Waals surface area (Å²) in [4.78, 5) is 2.54. The van der Waals surface area contributed by atoms with Crippen molar-refractivity contribution >= 4 is 21.5 Å². The lowest BCUT2D eigenvalue weighted by atomic mass is 10.1. The molecule has 6 nitrogen and oxygen atoms in total. The highest BCUT2D eigenvalue weighted by Gasteiger charge is 2.14. The zero-order valence-corrected chi connectivity index (χ0v) is 17.9. The van der Waals surface area contributed by atoms with Gasteiger partial charge in [-0.3, -0.25) is 4.72 Å². The molecule has 0 spiro atoms. The first-order valence-corrected chi connectivity index (χ1v) is 11.8. The van der Waals surface area contributed by atoms with Gasteiger partial charge in [0, 0.05) is 24.3 Å². The van der Waals surface area contributed by atoms with Crippen molar-refractivity contribution in [2.45, 2.75) is 37.5 Å². The number of aryl methyl sites for hydroxylation is 1. The molecule has 1 aliphatic heterocycles. The van der Waals surface area contributed by atoms with E-state index in [0.29, 0.717) is 5.69 Å². The molecule has 3 aromatic rings. The summed E-state index contributed by atoms with van der Waals surface area (Å²) in [6.07, 6.45) is 4.96. The Balaban J connectivity index is 1.46. The molecule has 156 valence electrons. The molecule has 4 rings (SSSR count). The highest BCUT2D eigenvalue weighted by atomic mass is 32.2. The van der Waals surface area contributed by atoms with Crippen LogP contribution in [0.25, 0.3) is 11.3 Å². The number of aromatic nitrogens is 2. The van der Waals surface area contributed by atoms with Gasteiger partial charge in [-0.2, -0.15) is 0 Å². The predicted octanol–water partition coefficient (Wildman–Crippen LogP) is 4.63. The summed E-state index contributed by atoms with van der Waals surface area (Å²) in [7, 11) is -3.61. The zero-order chi connectivity index (χ0) is 21.0. The minimum Gasteiger partial charge on any atom is -0.355 e. The third-order valence-electron chi connectivity index (χ3n) is 5.34. The molecule has 0 saturated carbocycles. The number of nitrogens with one attached hydrogen (secondary N) is 1. The van der Waals surface area contributed by atoms with Crippen LogP contribution in [-0.2, 0) is 10.0 Å². The first-order chi connectivity index (χ1) is 14.5. The molecule has 1 saturated heterocycles.